The molecule has 2 heteroatoms. The molecule has 0 unspecified atom stereocenters. The molecule has 0 amide bonds. The van der Waals surface area contributed by atoms with E-state index in [-0.39, 0.29) is 0 Å². The van der Waals surface area contributed by atoms with Gasteiger partial charge in [-0.1, -0.05) is 18.2 Å². The molecule has 1 aromatic carbocycles. The Morgan fingerprint density at radius 2 is 1.94 bits per heavy atom. The Labute approximate surface area is 103 Å². The first-order valence-electron chi connectivity index (χ1n) is 6.30. The van der Waals surface area contributed by atoms with E-state index in [0.717, 1.165) is 12.2 Å². The Balaban J connectivity index is 1.80. The molecule has 0 saturated carbocycles. The lowest BCUT2D eigenvalue weighted by molar-refractivity contribution is 0.711. The zero-order valence-electron chi connectivity index (χ0n) is 10.7. The maximum atomic E-state index is 4.24. The van der Waals surface area contributed by atoms with E-state index in [1.165, 1.54) is 36.0 Å². The first kappa shape index (κ1) is 11.9. The summed E-state index contributed by atoms with van der Waals surface area (Å²) in [6.07, 6.45) is 8.36. The van der Waals surface area contributed by atoms with Crippen LogP contribution in [0.3, 0.4) is 0 Å². The summed E-state index contributed by atoms with van der Waals surface area (Å²) in [6.45, 7) is 4.40. The summed E-state index contributed by atoms with van der Waals surface area (Å²) in [5, 5.41) is 0. The summed E-state index contributed by atoms with van der Waals surface area (Å²) >= 11 is 0. The Kier molecular flexibility index (Phi) is 3.97. The lowest BCUT2D eigenvalue weighted by atomic mass is 9.98. The Morgan fingerprint density at radius 1 is 1.12 bits per heavy atom. The van der Waals surface area contributed by atoms with Crippen molar-refractivity contribution in [2.24, 2.45) is 0 Å². The lowest BCUT2D eigenvalue weighted by Crippen LogP contribution is -1.94. The van der Waals surface area contributed by atoms with E-state index in [1.807, 2.05) is 12.4 Å². The Hall–Kier alpha value is -1.57. The van der Waals surface area contributed by atoms with E-state index in [2.05, 4.69) is 42.0 Å². The maximum Gasteiger partial charge on any atom is 0.105 e. The van der Waals surface area contributed by atoms with Crippen LogP contribution in [0.5, 0.6) is 0 Å². The van der Waals surface area contributed by atoms with Gasteiger partial charge >= 0.3 is 0 Å². The predicted molar refractivity (Wildman–Crippen MR) is 71.1 cm³/mol. The highest BCUT2D eigenvalue weighted by Gasteiger charge is 2.01. The zero-order chi connectivity index (χ0) is 12.1. The van der Waals surface area contributed by atoms with Crippen LogP contribution >= 0.6 is 0 Å². The highest BCUT2D eigenvalue weighted by molar-refractivity contribution is 5.33. The van der Waals surface area contributed by atoms with Crippen molar-refractivity contribution in [1.29, 1.82) is 0 Å². The van der Waals surface area contributed by atoms with Gasteiger partial charge in [0.15, 0.2) is 0 Å². The van der Waals surface area contributed by atoms with E-state index in [9.17, 15) is 0 Å². The number of aromatic amines is 1. The summed E-state index contributed by atoms with van der Waals surface area (Å²) in [4.78, 5) is 7.38. The smallest absolute Gasteiger partial charge is 0.105 e. The van der Waals surface area contributed by atoms with Crippen molar-refractivity contribution in [3.05, 3.63) is 53.1 Å². The van der Waals surface area contributed by atoms with Gasteiger partial charge in [-0.3, -0.25) is 0 Å². The molecule has 2 rings (SSSR count). The Bertz CT molecular complexity index is 458. The van der Waals surface area contributed by atoms with E-state index >= 15 is 0 Å². The molecule has 0 aliphatic heterocycles. The number of benzene rings is 1. The number of unbranched alkanes of at least 4 members (excludes halogenated alkanes) is 1. The third-order valence-electron chi connectivity index (χ3n) is 3.38. The molecule has 0 bridgehead atoms. The third kappa shape index (κ3) is 3.19. The number of aromatic nitrogens is 2. The van der Waals surface area contributed by atoms with Gasteiger partial charge in [0.05, 0.1) is 0 Å². The second-order valence-electron chi connectivity index (χ2n) is 4.60. The Morgan fingerprint density at radius 3 is 2.71 bits per heavy atom. The van der Waals surface area contributed by atoms with Gasteiger partial charge in [-0.05, 0) is 49.8 Å². The highest BCUT2D eigenvalue weighted by Crippen LogP contribution is 2.15. The molecule has 2 nitrogen and oxygen atoms in total. The number of H-pyrrole nitrogens is 1. The number of hydrogen-bond donors (Lipinski definition) is 1. The van der Waals surface area contributed by atoms with Crippen LogP contribution in [-0.2, 0) is 12.8 Å². The molecule has 0 fully saturated rings. The molecule has 1 N–H and O–H groups in total. The number of imidazole rings is 1. The molecule has 2 aromatic rings. The molecule has 0 aliphatic carbocycles. The van der Waals surface area contributed by atoms with Gasteiger partial charge < -0.3 is 4.98 Å². The molecule has 17 heavy (non-hydrogen) atoms. The fourth-order valence-corrected chi connectivity index (χ4v) is 2.13. The largest absolute Gasteiger partial charge is 0.349 e. The fraction of sp³-hybridized carbons (Fsp3) is 0.400. The van der Waals surface area contributed by atoms with Gasteiger partial charge in [0, 0.05) is 18.8 Å². The van der Waals surface area contributed by atoms with E-state index in [1.54, 1.807) is 0 Å². The summed E-state index contributed by atoms with van der Waals surface area (Å²) in [6, 6.07) is 6.58. The minimum Gasteiger partial charge on any atom is -0.349 e. The van der Waals surface area contributed by atoms with E-state index in [0.29, 0.717) is 0 Å². The number of rotatable bonds is 5. The van der Waals surface area contributed by atoms with Crippen LogP contribution in [0.25, 0.3) is 0 Å². The first-order valence-corrected chi connectivity index (χ1v) is 6.30. The lowest BCUT2D eigenvalue weighted by Gasteiger charge is -2.07. The summed E-state index contributed by atoms with van der Waals surface area (Å²) in [7, 11) is 0. The molecule has 1 heterocycles. The van der Waals surface area contributed by atoms with Crippen LogP contribution in [0, 0.1) is 13.8 Å². The topological polar surface area (TPSA) is 28.7 Å². The van der Waals surface area contributed by atoms with Crippen LogP contribution in [-0.4, -0.2) is 9.97 Å². The van der Waals surface area contributed by atoms with Crippen molar-refractivity contribution >= 4 is 0 Å². The second-order valence-corrected chi connectivity index (χ2v) is 4.60. The van der Waals surface area contributed by atoms with Gasteiger partial charge in [-0.25, -0.2) is 4.98 Å². The molecule has 0 radical (unpaired) electrons. The number of nitrogens with one attached hydrogen (secondary N) is 1. The van der Waals surface area contributed by atoms with Crippen LogP contribution in [0.2, 0.25) is 0 Å². The third-order valence-corrected chi connectivity index (χ3v) is 3.38. The number of nitrogens with zero attached hydrogens (tertiary/aromatic N) is 1. The van der Waals surface area contributed by atoms with Crippen LogP contribution in [0.1, 0.15) is 35.4 Å². The van der Waals surface area contributed by atoms with Crippen molar-refractivity contribution < 1.29 is 0 Å². The quantitative estimate of drug-likeness (QED) is 0.778. The van der Waals surface area contributed by atoms with Gasteiger partial charge in [0.2, 0.25) is 0 Å². The molecule has 90 valence electrons. The molecule has 0 atom stereocenters. The van der Waals surface area contributed by atoms with Gasteiger partial charge in [0.25, 0.3) is 0 Å². The van der Waals surface area contributed by atoms with Crippen molar-refractivity contribution in [1.82, 2.24) is 9.97 Å². The summed E-state index contributed by atoms with van der Waals surface area (Å²) in [5.74, 6) is 1.10. The fourth-order valence-electron chi connectivity index (χ4n) is 2.13. The van der Waals surface area contributed by atoms with Crippen molar-refractivity contribution in [2.75, 3.05) is 0 Å². The summed E-state index contributed by atoms with van der Waals surface area (Å²) < 4.78 is 0. The summed E-state index contributed by atoms with van der Waals surface area (Å²) in [5.41, 5.74) is 4.34. The molecular weight excluding hydrogens is 208 g/mol. The normalized spacial score (nSPS) is 10.7. The second kappa shape index (κ2) is 5.67. The highest BCUT2D eigenvalue weighted by atomic mass is 14.9. The first-order chi connectivity index (χ1) is 8.27. The molecular formula is C15H20N2. The average molecular weight is 228 g/mol. The molecule has 0 spiro atoms. The van der Waals surface area contributed by atoms with E-state index < -0.39 is 0 Å². The van der Waals surface area contributed by atoms with Gasteiger partial charge in [-0.2, -0.15) is 0 Å². The predicted octanol–water partition coefficient (Wildman–Crippen LogP) is 3.59. The number of hydrogen-bond acceptors (Lipinski definition) is 1. The van der Waals surface area contributed by atoms with Crippen molar-refractivity contribution in [3.8, 4) is 0 Å². The van der Waals surface area contributed by atoms with Crippen LogP contribution in [0.15, 0.2) is 30.6 Å². The molecule has 0 aliphatic rings. The van der Waals surface area contributed by atoms with E-state index in [4.69, 9.17) is 0 Å². The monoisotopic (exact) mass is 228 g/mol. The molecule has 0 saturated heterocycles. The van der Waals surface area contributed by atoms with Crippen LogP contribution in [0.4, 0.5) is 0 Å². The minimum absolute atomic E-state index is 1.05. The number of aryl methyl sites for hydroxylation is 3. The van der Waals surface area contributed by atoms with Gasteiger partial charge in [-0.15, -0.1) is 0 Å². The minimum atomic E-state index is 1.05. The maximum absolute atomic E-state index is 4.24. The SMILES string of the molecule is Cc1cccc(CCCCc2ncc[nH]2)c1C. The standard InChI is InChI=1S/C15H20N2/c1-12-6-5-8-14(13(12)2)7-3-4-9-15-16-10-11-17-15/h5-6,8,10-11H,3-4,7,9H2,1-2H3,(H,16,17). The van der Waals surface area contributed by atoms with Crippen molar-refractivity contribution in [2.45, 2.75) is 39.5 Å². The van der Waals surface area contributed by atoms with Crippen molar-refractivity contribution in [3.63, 3.8) is 0 Å². The average Bonchev–Trinajstić information content (AvgIpc) is 2.83. The van der Waals surface area contributed by atoms with Crippen LogP contribution < -0.4 is 0 Å². The zero-order valence-corrected chi connectivity index (χ0v) is 10.7. The molecule has 1 aromatic heterocycles. The van der Waals surface area contributed by atoms with Gasteiger partial charge in [0.1, 0.15) is 5.82 Å².